The number of hydrogen-bond donors (Lipinski definition) is 0. The molecule has 0 N–H and O–H groups in total. The van der Waals surface area contributed by atoms with Crippen LogP contribution in [0.15, 0.2) is 4.52 Å². The van der Waals surface area contributed by atoms with Crippen LogP contribution in [0.4, 0.5) is 0 Å². The van der Waals surface area contributed by atoms with Crippen molar-refractivity contribution in [3.8, 4) is 0 Å². The van der Waals surface area contributed by atoms with Gasteiger partial charge in [-0.3, -0.25) is 9.80 Å². The Kier molecular flexibility index (Phi) is 4.33. The molecule has 0 spiro atoms. The van der Waals surface area contributed by atoms with Gasteiger partial charge in [-0.1, -0.05) is 5.16 Å². The van der Waals surface area contributed by atoms with Gasteiger partial charge in [0, 0.05) is 32.1 Å². The Morgan fingerprint density at radius 2 is 2.08 bits per heavy atom. The molecule has 0 amide bonds. The Balaban J connectivity index is 1.36. The third-order valence-electron chi connectivity index (χ3n) is 5.60. The number of likely N-dealkylation sites (tertiary alicyclic amines) is 1. The fraction of sp³-hybridized carbons (Fsp3) is 0.765. The van der Waals surface area contributed by atoms with E-state index in [-0.39, 0.29) is 6.04 Å². The van der Waals surface area contributed by atoms with Gasteiger partial charge in [0.15, 0.2) is 5.82 Å². The third-order valence-corrected chi connectivity index (χ3v) is 5.60. The standard InChI is InChI=1S/C17H27N7O/c1-11(17-18-12(2)21-25-17)24-8-7-14(9-24)22(3)10-15-19-20-16(23(15)4)13-5-6-13/h11,13-14H,5-10H2,1-4H3/t11-,14-/m0/s1. The van der Waals surface area contributed by atoms with E-state index in [1.165, 1.54) is 12.8 Å². The van der Waals surface area contributed by atoms with Crippen LogP contribution in [0.2, 0.25) is 0 Å². The van der Waals surface area contributed by atoms with Crippen LogP contribution in [0.3, 0.4) is 0 Å². The van der Waals surface area contributed by atoms with Crippen LogP contribution in [0.1, 0.15) is 61.5 Å². The number of likely N-dealkylation sites (N-methyl/N-ethyl adjacent to an activating group) is 1. The van der Waals surface area contributed by atoms with Crippen LogP contribution in [0.5, 0.6) is 0 Å². The molecule has 2 aromatic heterocycles. The van der Waals surface area contributed by atoms with Crippen molar-refractivity contribution in [3.63, 3.8) is 0 Å². The quantitative estimate of drug-likeness (QED) is 0.788. The SMILES string of the molecule is Cc1noc([C@H](C)N2CC[C@H](N(C)Cc3nnc(C4CC4)n3C)C2)n1. The molecule has 0 bridgehead atoms. The molecule has 4 rings (SSSR count). The maximum absolute atomic E-state index is 5.34. The highest BCUT2D eigenvalue weighted by atomic mass is 16.5. The third kappa shape index (κ3) is 3.32. The van der Waals surface area contributed by atoms with Crippen LogP contribution in [-0.2, 0) is 13.6 Å². The van der Waals surface area contributed by atoms with Crippen molar-refractivity contribution in [2.45, 2.75) is 57.7 Å². The van der Waals surface area contributed by atoms with E-state index >= 15 is 0 Å². The molecule has 1 saturated heterocycles. The van der Waals surface area contributed by atoms with Crippen molar-refractivity contribution in [1.29, 1.82) is 0 Å². The van der Waals surface area contributed by atoms with E-state index in [1.54, 1.807) is 0 Å². The predicted molar refractivity (Wildman–Crippen MR) is 91.9 cm³/mol. The first-order valence-electron chi connectivity index (χ1n) is 9.15. The Bertz CT molecular complexity index is 735. The molecule has 0 radical (unpaired) electrons. The molecule has 2 atom stereocenters. The lowest BCUT2D eigenvalue weighted by molar-refractivity contribution is 0.177. The minimum absolute atomic E-state index is 0.163. The second kappa shape index (κ2) is 6.49. The van der Waals surface area contributed by atoms with Gasteiger partial charge in [-0.25, -0.2) is 0 Å². The number of nitrogens with zero attached hydrogens (tertiary/aromatic N) is 7. The van der Waals surface area contributed by atoms with Gasteiger partial charge in [-0.15, -0.1) is 10.2 Å². The van der Waals surface area contributed by atoms with Crippen molar-refractivity contribution in [3.05, 3.63) is 23.4 Å². The van der Waals surface area contributed by atoms with Gasteiger partial charge in [-0.2, -0.15) is 4.98 Å². The molecule has 1 saturated carbocycles. The molecule has 0 unspecified atom stereocenters. The fourth-order valence-corrected chi connectivity index (χ4v) is 3.68. The summed E-state index contributed by atoms with van der Waals surface area (Å²) in [4.78, 5) is 9.19. The Morgan fingerprint density at radius 3 is 2.76 bits per heavy atom. The fourth-order valence-electron chi connectivity index (χ4n) is 3.68. The summed E-state index contributed by atoms with van der Waals surface area (Å²) in [7, 11) is 4.28. The van der Waals surface area contributed by atoms with E-state index in [9.17, 15) is 0 Å². The molecule has 2 aliphatic rings. The molecule has 136 valence electrons. The highest BCUT2D eigenvalue weighted by Crippen LogP contribution is 2.38. The summed E-state index contributed by atoms with van der Waals surface area (Å²) >= 11 is 0. The Labute approximate surface area is 148 Å². The normalized spacial score (nSPS) is 22.8. The number of rotatable bonds is 6. The van der Waals surface area contributed by atoms with Crippen LogP contribution in [-0.4, -0.2) is 60.9 Å². The number of hydrogen-bond acceptors (Lipinski definition) is 7. The van der Waals surface area contributed by atoms with Crippen molar-refractivity contribution < 1.29 is 4.52 Å². The molecule has 1 aliphatic carbocycles. The highest BCUT2D eigenvalue weighted by molar-refractivity contribution is 5.08. The second-order valence-electron chi connectivity index (χ2n) is 7.52. The van der Waals surface area contributed by atoms with Gasteiger partial charge >= 0.3 is 0 Å². The Hall–Kier alpha value is -1.80. The van der Waals surface area contributed by atoms with Crippen molar-refractivity contribution in [1.82, 2.24) is 34.7 Å². The largest absolute Gasteiger partial charge is 0.338 e. The smallest absolute Gasteiger partial charge is 0.243 e. The van der Waals surface area contributed by atoms with Gasteiger partial charge in [0.1, 0.15) is 11.6 Å². The average molecular weight is 345 g/mol. The molecular weight excluding hydrogens is 318 g/mol. The maximum Gasteiger partial charge on any atom is 0.243 e. The summed E-state index contributed by atoms with van der Waals surface area (Å²) in [5, 5.41) is 12.7. The Morgan fingerprint density at radius 1 is 1.28 bits per heavy atom. The topological polar surface area (TPSA) is 76.1 Å². The first-order valence-corrected chi connectivity index (χ1v) is 9.15. The summed E-state index contributed by atoms with van der Waals surface area (Å²) in [6.45, 7) is 6.88. The summed E-state index contributed by atoms with van der Waals surface area (Å²) in [6, 6.07) is 0.670. The van der Waals surface area contributed by atoms with E-state index in [0.29, 0.717) is 23.7 Å². The minimum atomic E-state index is 0.163. The zero-order valence-electron chi connectivity index (χ0n) is 15.5. The van der Waals surface area contributed by atoms with Crippen molar-refractivity contribution in [2.24, 2.45) is 7.05 Å². The molecule has 0 aromatic carbocycles. The van der Waals surface area contributed by atoms with Crippen LogP contribution in [0, 0.1) is 6.92 Å². The van der Waals surface area contributed by atoms with Gasteiger partial charge in [-0.05, 0) is 40.2 Å². The first-order chi connectivity index (χ1) is 12.0. The lowest BCUT2D eigenvalue weighted by atomic mass is 10.2. The predicted octanol–water partition coefficient (Wildman–Crippen LogP) is 1.65. The lowest BCUT2D eigenvalue weighted by Gasteiger charge is -2.25. The summed E-state index contributed by atoms with van der Waals surface area (Å²) in [5.41, 5.74) is 0. The monoisotopic (exact) mass is 345 g/mol. The van der Waals surface area contributed by atoms with E-state index in [2.05, 4.69) is 55.7 Å². The highest BCUT2D eigenvalue weighted by Gasteiger charge is 2.33. The maximum atomic E-state index is 5.34. The molecule has 8 nitrogen and oxygen atoms in total. The lowest BCUT2D eigenvalue weighted by Crippen LogP contribution is -2.35. The first kappa shape index (κ1) is 16.7. The molecule has 8 heteroatoms. The van der Waals surface area contributed by atoms with Crippen molar-refractivity contribution >= 4 is 0 Å². The zero-order valence-corrected chi connectivity index (χ0v) is 15.5. The minimum Gasteiger partial charge on any atom is -0.338 e. The van der Waals surface area contributed by atoms with Crippen LogP contribution in [0.25, 0.3) is 0 Å². The molecule has 25 heavy (non-hydrogen) atoms. The zero-order chi connectivity index (χ0) is 17.6. The van der Waals surface area contributed by atoms with E-state index < -0.39 is 0 Å². The van der Waals surface area contributed by atoms with E-state index in [4.69, 9.17) is 4.52 Å². The second-order valence-corrected chi connectivity index (χ2v) is 7.52. The number of aromatic nitrogens is 5. The summed E-state index contributed by atoms with van der Waals surface area (Å²) in [6.07, 6.45) is 3.65. The molecular formula is C17H27N7O. The summed E-state index contributed by atoms with van der Waals surface area (Å²) in [5.74, 6) is 4.25. The van der Waals surface area contributed by atoms with Crippen molar-refractivity contribution in [2.75, 3.05) is 20.1 Å². The molecule has 2 aromatic rings. The molecule has 1 aliphatic heterocycles. The van der Waals surface area contributed by atoms with Crippen LogP contribution < -0.4 is 0 Å². The number of aryl methyl sites for hydroxylation is 1. The van der Waals surface area contributed by atoms with Gasteiger partial charge < -0.3 is 9.09 Å². The summed E-state index contributed by atoms with van der Waals surface area (Å²) < 4.78 is 7.52. The molecule has 3 heterocycles. The van der Waals surface area contributed by atoms with E-state index in [0.717, 1.165) is 37.7 Å². The van der Waals surface area contributed by atoms with Crippen LogP contribution >= 0.6 is 0 Å². The van der Waals surface area contributed by atoms with E-state index in [1.807, 2.05) is 6.92 Å². The van der Waals surface area contributed by atoms with Gasteiger partial charge in [0.05, 0.1) is 12.6 Å². The average Bonchev–Trinajstić information content (AvgIpc) is 2.99. The molecule has 2 fully saturated rings. The van der Waals surface area contributed by atoms with Gasteiger partial charge in [0.25, 0.3) is 0 Å². The van der Waals surface area contributed by atoms with Gasteiger partial charge in [0.2, 0.25) is 5.89 Å².